The fourth-order valence-electron chi connectivity index (χ4n) is 2.06. The van der Waals surface area contributed by atoms with E-state index in [1.807, 2.05) is 12.1 Å². The van der Waals surface area contributed by atoms with Crippen LogP contribution in [-0.2, 0) is 6.42 Å². The summed E-state index contributed by atoms with van der Waals surface area (Å²) in [5.74, 6) is 0.493. The largest absolute Gasteiger partial charge is 0.496 e. The number of nitrogens with two attached hydrogens (primary N) is 1. The monoisotopic (exact) mass is 405 g/mol. The Labute approximate surface area is 136 Å². The lowest BCUT2D eigenvalue weighted by Crippen LogP contribution is -2.15. The maximum atomic E-state index is 13.1. The summed E-state index contributed by atoms with van der Waals surface area (Å²) < 4.78 is 19.3. The molecule has 106 valence electrons. The summed E-state index contributed by atoms with van der Waals surface area (Å²) in [6.45, 7) is 0. The van der Waals surface area contributed by atoms with Gasteiger partial charge in [0.05, 0.1) is 7.11 Å². The van der Waals surface area contributed by atoms with Gasteiger partial charge in [0.1, 0.15) is 11.6 Å². The topological polar surface area (TPSA) is 35.2 Å². The van der Waals surface area contributed by atoms with Crippen LogP contribution in [0.4, 0.5) is 4.39 Å². The van der Waals surface area contributed by atoms with Gasteiger partial charge in [-0.05, 0) is 70.5 Å². The summed E-state index contributed by atoms with van der Waals surface area (Å²) in [7, 11) is 1.61. The number of benzene rings is 2. The molecule has 0 aliphatic carbocycles. The molecule has 1 unspecified atom stereocenters. The molecule has 0 amide bonds. The minimum absolute atomic E-state index is 0.241. The average molecular weight is 406 g/mol. The fraction of sp³-hybridized carbons (Fsp3) is 0.200. The summed E-state index contributed by atoms with van der Waals surface area (Å²) >= 11 is 8.10. The Morgan fingerprint density at radius 2 is 2.05 bits per heavy atom. The van der Waals surface area contributed by atoms with Crippen molar-refractivity contribution in [3.05, 3.63) is 61.9 Å². The lowest BCUT2D eigenvalue weighted by Gasteiger charge is -2.16. The van der Waals surface area contributed by atoms with Crippen LogP contribution < -0.4 is 10.5 Å². The number of methoxy groups -OCH3 is 1. The van der Waals surface area contributed by atoms with Gasteiger partial charge >= 0.3 is 0 Å². The van der Waals surface area contributed by atoms with Crippen molar-refractivity contribution in [2.45, 2.75) is 12.5 Å². The molecular weight excluding hydrogens is 392 g/mol. The highest BCUT2D eigenvalue weighted by Crippen LogP contribution is 2.28. The van der Waals surface area contributed by atoms with E-state index in [2.05, 4.69) is 22.6 Å². The Hall–Kier alpha value is -0.850. The molecule has 2 aromatic carbocycles. The zero-order valence-electron chi connectivity index (χ0n) is 10.9. The van der Waals surface area contributed by atoms with Crippen molar-refractivity contribution in [2.75, 3.05) is 7.11 Å². The molecule has 0 fully saturated rings. The van der Waals surface area contributed by atoms with Crippen molar-refractivity contribution in [3.63, 3.8) is 0 Å². The van der Waals surface area contributed by atoms with E-state index in [1.54, 1.807) is 19.2 Å². The number of hydrogen-bond acceptors (Lipinski definition) is 2. The molecule has 0 saturated carbocycles. The highest BCUT2D eigenvalue weighted by molar-refractivity contribution is 14.1. The van der Waals surface area contributed by atoms with Crippen molar-refractivity contribution >= 4 is 34.2 Å². The maximum Gasteiger partial charge on any atom is 0.124 e. The van der Waals surface area contributed by atoms with Gasteiger partial charge in [-0.15, -0.1) is 0 Å². The van der Waals surface area contributed by atoms with E-state index >= 15 is 0 Å². The molecule has 0 radical (unpaired) electrons. The van der Waals surface area contributed by atoms with Crippen LogP contribution in [0.3, 0.4) is 0 Å². The highest BCUT2D eigenvalue weighted by atomic mass is 127. The van der Waals surface area contributed by atoms with Gasteiger partial charge in [0.25, 0.3) is 0 Å². The molecular formula is C15H14ClFINO. The lowest BCUT2D eigenvalue weighted by molar-refractivity contribution is 0.408. The molecule has 1 atom stereocenters. The first kappa shape index (κ1) is 15.5. The molecule has 2 nitrogen and oxygen atoms in total. The fourth-order valence-corrected chi connectivity index (χ4v) is 3.13. The minimum atomic E-state index is -0.259. The SMILES string of the molecule is COc1ccc(Cl)cc1CC(N)c1ccc(F)cc1I. The summed E-state index contributed by atoms with van der Waals surface area (Å²) in [5.41, 5.74) is 8.07. The number of halogens is 3. The van der Waals surface area contributed by atoms with Gasteiger partial charge in [0, 0.05) is 14.6 Å². The zero-order chi connectivity index (χ0) is 14.7. The molecule has 0 aliphatic heterocycles. The van der Waals surface area contributed by atoms with Crippen molar-refractivity contribution in [1.29, 1.82) is 0 Å². The van der Waals surface area contributed by atoms with E-state index in [0.29, 0.717) is 11.4 Å². The second-order valence-electron chi connectivity index (χ2n) is 4.43. The van der Waals surface area contributed by atoms with Crippen molar-refractivity contribution in [3.8, 4) is 5.75 Å². The van der Waals surface area contributed by atoms with E-state index in [4.69, 9.17) is 22.1 Å². The van der Waals surface area contributed by atoms with Crippen molar-refractivity contribution < 1.29 is 9.13 Å². The third kappa shape index (κ3) is 3.62. The second-order valence-corrected chi connectivity index (χ2v) is 6.03. The standard InChI is InChI=1S/C15H14ClFINO/c1-20-15-5-2-10(16)6-9(15)7-14(19)12-4-3-11(17)8-13(12)18/h2-6,8,14H,7,19H2,1H3. The van der Waals surface area contributed by atoms with Crippen LogP contribution >= 0.6 is 34.2 Å². The smallest absolute Gasteiger partial charge is 0.124 e. The van der Waals surface area contributed by atoms with Crippen LogP contribution in [0.1, 0.15) is 17.2 Å². The van der Waals surface area contributed by atoms with Gasteiger partial charge < -0.3 is 10.5 Å². The summed E-state index contributed by atoms with van der Waals surface area (Å²) in [6, 6.07) is 9.82. The minimum Gasteiger partial charge on any atom is -0.496 e. The number of rotatable bonds is 4. The first-order valence-corrected chi connectivity index (χ1v) is 7.50. The van der Waals surface area contributed by atoms with E-state index in [9.17, 15) is 4.39 Å². The summed E-state index contributed by atoms with van der Waals surface area (Å²) in [5, 5.41) is 0.641. The van der Waals surface area contributed by atoms with Crippen molar-refractivity contribution in [1.82, 2.24) is 0 Å². The molecule has 2 rings (SSSR count). The Morgan fingerprint density at radius 3 is 2.70 bits per heavy atom. The first-order chi connectivity index (χ1) is 9.51. The number of hydrogen-bond donors (Lipinski definition) is 1. The molecule has 0 aromatic heterocycles. The van der Waals surface area contributed by atoms with Crippen molar-refractivity contribution in [2.24, 2.45) is 5.73 Å². The van der Waals surface area contributed by atoms with Crippen LogP contribution in [0.2, 0.25) is 5.02 Å². The Morgan fingerprint density at radius 1 is 1.30 bits per heavy atom. The quantitative estimate of drug-likeness (QED) is 0.768. The van der Waals surface area contributed by atoms with E-state index in [1.165, 1.54) is 12.1 Å². The molecule has 0 bridgehead atoms. The maximum absolute atomic E-state index is 13.1. The first-order valence-electron chi connectivity index (χ1n) is 6.04. The molecule has 2 N–H and O–H groups in total. The molecule has 0 saturated heterocycles. The lowest BCUT2D eigenvalue weighted by atomic mass is 9.99. The van der Waals surface area contributed by atoms with Crippen LogP contribution in [-0.4, -0.2) is 7.11 Å². The van der Waals surface area contributed by atoms with Gasteiger partial charge in [-0.1, -0.05) is 17.7 Å². The normalized spacial score (nSPS) is 12.2. The molecule has 0 aliphatic rings. The molecule has 2 aromatic rings. The van der Waals surface area contributed by atoms with Crippen LogP contribution in [0.25, 0.3) is 0 Å². The summed E-state index contributed by atoms with van der Waals surface area (Å²) in [4.78, 5) is 0. The molecule has 0 heterocycles. The van der Waals surface area contributed by atoms with E-state index < -0.39 is 0 Å². The molecule has 20 heavy (non-hydrogen) atoms. The predicted molar refractivity (Wildman–Crippen MR) is 87.8 cm³/mol. The second kappa shape index (κ2) is 6.74. The van der Waals surface area contributed by atoms with Crippen LogP contribution in [0.5, 0.6) is 5.75 Å². The van der Waals surface area contributed by atoms with Crippen LogP contribution in [0, 0.1) is 9.39 Å². The van der Waals surface area contributed by atoms with Gasteiger partial charge in [0.15, 0.2) is 0 Å². The van der Waals surface area contributed by atoms with Gasteiger partial charge in [-0.3, -0.25) is 0 Å². The van der Waals surface area contributed by atoms with Gasteiger partial charge in [0.2, 0.25) is 0 Å². The highest BCUT2D eigenvalue weighted by Gasteiger charge is 2.14. The predicted octanol–water partition coefficient (Wildman–Crippen LogP) is 4.33. The van der Waals surface area contributed by atoms with Gasteiger partial charge in [-0.25, -0.2) is 4.39 Å². The Kier molecular flexibility index (Phi) is 5.23. The van der Waals surface area contributed by atoms with E-state index in [0.717, 1.165) is 20.4 Å². The average Bonchev–Trinajstić information content (AvgIpc) is 2.38. The molecule has 0 spiro atoms. The third-order valence-corrected chi connectivity index (χ3v) is 4.21. The zero-order valence-corrected chi connectivity index (χ0v) is 13.8. The summed E-state index contributed by atoms with van der Waals surface area (Å²) in [6.07, 6.45) is 0.575. The Bertz CT molecular complexity index is 621. The van der Waals surface area contributed by atoms with Gasteiger partial charge in [-0.2, -0.15) is 0 Å². The molecule has 5 heteroatoms. The van der Waals surface area contributed by atoms with Crippen LogP contribution in [0.15, 0.2) is 36.4 Å². The van der Waals surface area contributed by atoms with E-state index in [-0.39, 0.29) is 11.9 Å². The number of ether oxygens (including phenoxy) is 1. The Balaban J connectivity index is 2.27. The third-order valence-electron chi connectivity index (χ3n) is 3.04.